The Balaban J connectivity index is 2.55. The highest BCUT2D eigenvalue weighted by molar-refractivity contribution is 4.65. The first kappa shape index (κ1) is 12.2. The lowest BCUT2D eigenvalue weighted by Crippen LogP contribution is -2.38. The van der Waals surface area contributed by atoms with Gasteiger partial charge >= 0.3 is 0 Å². The zero-order chi connectivity index (χ0) is 10.9. The average molecular weight is 207 g/mol. The van der Waals surface area contributed by atoms with Gasteiger partial charge in [0.15, 0.2) is 18.4 Å². The highest BCUT2D eigenvalue weighted by Gasteiger charge is 2.16. The van der Waals surface area contributed by atoms with Crippen LogP contribution in [-0.2, 0) is 0 Å². The molecule has 2 nitrogen and oxygen atoms in total. The van der Waals surface area contributed by atoms with Gasteiger partial charge in [-0.2, -0.15) is 4.57 Å². The van der Waals surface area contributed by atoms with Crippen molar-refractivity contribution in [2.45, 2.75) is 58.4 Å². The molecule has 2 heteroatoms. The van der Waals surface area contributed by atoms with E-state index in [2.05, 4.69) is 35.8 Å². The van der Waals surface area contributed by atoms with Gasteiger partial charge in [0.25, 0.3) is 0 Å². The molecule has 0 saturated carbocycles. The van der Waals surface area contributed by atoms with Gasteiger partial charge in [-0.3, -0.25) is 4.98 Å². The molecular weight excluding hydrogens is 184 g/mol. The summed E-state index contributed by atoms with van der Waals surface area (Å²) < 4.78 is 2.32. The molecule has 1 rings (SSSR count). The zero-order valence-electron chi connectivity index (χ0n) is 10.0. The molecule has 0 fully saturated rings. The summed E-state index contributed by atoms with van der Waals surface area (Å²) in [6.07, 6.45) is 15.8. The van der Waals surface area contributed by atoms with Crippen LogP contribution in [0.2, 0.25) is 0 Å². The minimum Gasteiger partial charge on any atom is -0.252 e. The molecule has 1 heterocycles. The lowest BCUT2D eigenvalue weighted by atomic mass is 10.0. The first-order valence-electron chi connectivity index (χ1n) is 6.19. The van der Waals surface area contributed by atoms with Gasteiger partial charge in [-0.15, -0.1) is 0 Å². The number of rotatable bonds is 7. The van der Waals surface area contributed by atoms with Crippen molar-refractivity contribution in [3.63, 3.8) is 0 Å². The molecule has 0 aliphatic rings. The highest BCUT2D eigenvalue weighted by atomic mass is 15.0. The minimum absolute atomic E-state index is 0.674. The van der Waals surface area contributed by atoms with Crippen molar-refractivity contribution < 1.29 is 4.57 Å². The maximum Gasteiger partial charge on any atom is 0.187 e. The van der Waals surface area contributed by atoms with Gasteiger partial charge in [0, 0.05) is 12.8 Å². The fourth-order valence-electron chi connectivity index (χ4n) is 1.90. The summed E-state index contributed by atoms with van der Waals surface area (Å²) in [4.78, 5) is 4.07. The van der Waals surface area contributed by atoms with Gasteiger partial charge in [-0.05, 0) is 12.8 Å². The smallest absolute Gasteiger partial charge is 0.187 e. The van der Waals surface area contributed by atoms with Gasteiger partial charge in [-0.25, -0.2) is 0 Å². The van der Waals surface area contributed by atoms with Crippen molar-refractivity contribution in [1.82, 2.24) is 4.98 Å². The van der Waals surface area contributed by atoms with Crippen molar-refractivity contribution in [3.8, 4) is 0 Å². The van der Waals surface area contributed by atoms with Gasteiger partial charge in [0.2, 0.25) is 0 Å². The van der Waals surface area contributed by atoms with Crippen LogP contribution in [0.25, 0.3) is 0 Å². The monoisotopic (exact) mass is 207 g/mol. The molecule has 0 N–H and O–H groups in total. The SMILES string of the molecule is CCCCC(CCCC)[n+]1ccncc1. The molecule has 15 heavy (non-hydrogen) atoms. The molecule has 0 amide bonds. The van der Waals surface area contributed by atoms with Crippen LogP contribution in [0.4, 0.5) is 0 Å². The molecular formula is C13H23N2+. The fraction of sp³-hybridized carbons (Fsp3) is 0.692. The Morgan fingerprint density at radius 1 is 1.00 bits per heavy atom. The Morgan fingerprint density at radius 2 is 1.53 bits per heavy atom. The lowest BCUT2D eigenvalue weighted by molar-refractivity contribution is -0.725. The van der Waals surface area contributed by atoms with E-state index >= 15 is 0 Å². The molecule has 0 aliphatic heterocycles. The third kappa shape index (κ3) is 4.41. The zero-order valence-corrected chi connectivity index (χ0v) is 10.0. The average Bonchev–Trinajstić information content (AvgIpc) is 2.30. The summed E-state index contributed by atoms with van der Waals surface area (Å²) in [6, 6.07) is 0.674. The molecule has 0 aromatic carbocycles. The summed E-state index contributed by atoms with van der Waals surface area (Å²) in [5.41, 5.74) is 0. The largest absolute Gasteiger partial charge is 0.252 e. The Labute approximate surface area is 93.4 Å². The topological polar surface area (TPSA) is 16.8 Å². The normalized spacial score (nSPS) is 10.9. The van der Waals surface area contributed by atoms with Crippen LogP contribution in [0.3, 0.4) is 0 Å². The van der Waals surface area contributed by atoms with Gasteiger partial charge in [0.05, 0.1) is 12.4 Å². The lowest BCUT2D eigenvalue weighted by Gasteiger charge is -2.10. The molecule has 1 aromatic rings. The van der Waals surface area contributed by atoms with Crippen LogP contribution in [-0.4, -0.2) is 4.98 Å². The third-order valence-electron chi connectivity index (χ3n) is 2.85. The van der Waals surface area contributed by atoms with E-state index in [0.29, 0.717) is 6.04 Å². The Bertz CT molecular complexity index is 238. The number of unbranched alkanes of at least 4 members (excludes halogenated alkanes) is 2. The molecule has 0 bridgehead atoms. The fourth-order valence-corrected chi connectivity index (χ4v) is 1.90. The minimum atomic E-state index is 0.674. The van der Waals surface area contributed by atoms with Gasteiger partial charge < -0.3 is 0 Å². The number of hydrogen-bond donors (Lipinski definition) is 0. The quantitative estimate of drug-likeness (QED) is 0.627. The van der Waals surface area contributed by atoms with Crippen LogP contribution in [0.5, 0.6) is 0 Å². The molecule has 1 aromatic heterocycles. The van der Waals surface area contributed by atoms with Crippen LogP contribution >= 0.6 is 0 Å². The van der Waals surface area contributed by atoms with Crippen LogP contribution in [0.1, 0.15) is 58.4 Å². The van der Waals surface area contributed by atoms with Crippen LogP contribution in [0.15, 0.2) is 24.8 Å². The summed E-state index contributed by atoms with van der Waals surface area (Å²) in [5, 5.41) is 0. The summed E-state index contributed by atoms with van der Waals surface area (Å²) in [6.45, 7) is 4.52. The van der Waals surface area contributed by atoms with E-state index in [4.69, 9.17) is 0 Å². The van der Waals surface area contributed by atoms with E-state index in [1.54, 1.807) is 0 Å². The first-order valence-corrected chi connectivity index (χ1v) is 6.19. The van der Waals surface area contributed by atoms with Crippen molar-refractivity contribution >= 4 is 0 Å². The van der Waals surface area contributed by atoms with E-state index in [-0.39, 0.29) is 0 Å². The number of hydrogen-bond acceptors (Lipinski definition) is 1. The summed E-state index contributed by atoms with van der Waals surface area (Å²) in [7, 11) is 0. The second-order valence-electron chi connectivity index (χ2n) is 4.13. The molecule has 0 radical (unpaired) electrons. The number of nitrogens with zero attached hydrogens (tertiary/aromatic N) is 2. The highest BCUT2D eigenvalue weighted by Crippen LogP contribution is 2.15. The second-order valence-corrected chi connectivity index (χ2v) is 4.13. The van der Waals surface area contributed by atoms with Crippen molar-refractivity contribution in [2.75, 3.05) is 0 Å². The van der Waals surface area contributed by atoms with Crippen molar-refractivity contribution in [1.29, 1.82) is 0 Å². The molecule has 0 spiro atoms. The summed E-state index contributed by atoms with van der Waals surface area (Å²) >= 11 is 0. The standard InChI is InChI=1S/C13H23N2/c1-3-5-7-13(8-6-4-2)15-11-9-14-10-12-15/h9-13H,3-8H2,1-2H3/q+1. The number of aromatic nitrogens is 2. The molecule has 0 atom stereocenters. The Kier molecular flexibility index (Phi) is 5.98. The maximum absolute atomic E-state index is 4.07. The molecule has 0 aliphatic carbocycles. The second kappa shape index (κ2) is 7.38. The molecule has 84 valence electrons. The predicted octanol–water partition coefficient (Wildman–Crippen LogP) is 3.29. The molecule has 0 saturated heterocycles. The predicted molar refractivity (Wildman–Crippen MR) is 62.5 cm³/mol. The van der Waals surface area contributed by atoms with Crippen LogP contribution < -0.4 is 4.57 Å². The first-order chi connectivity index (χ1) is 7.38. The summed E-state index contributed by atoms with van der Waals surface area (Å²) in [5.74, 6) is 0. The van der Waals surface area contributed by atoms with E-state index in [1.807, 2.05) is 12.4 Å². The van der Waals surface area contributed by atoms with E-state index in [9.17, 15) is 0 Å². The Hall–Kier alpha value is -0.920. The van der Waals surface area contributed by atoms with Crippen LogP contribution in [0, 0.1) is 0 Å². The van der Waals surface area contributed by atoms with Crippen molar-refractivity contribution in [3.05, 3.63) is 24.8 Å². The maximum atomic E-state index is 4.07. The van der Waals surface area contributed by atoms with E-state index in [1.165, 1.54) is 38.5 Å². The Morgan fingerprint density at radius 3 is 2.00 bits per heavy atom. The van der Waals surface area contributed by atoms with Gasteiger partial charge in [0.1, 0.15) is 0 Å². The van der Waals surface area contributed by atoms with Crippen molar-refractivity contribution in [2.24, 2.45) is 0 Å². The van der Waals surface area contributed by atoms with Gasteiger partial charge in [-0.1, -0.05) is 26.7 Å². The van der Waals surface area contributed by atoms with E-state index in [0.717, 1.165) is 0 Å². The third-order valence-corrected chi connectivity index (χ3v) is 2.85. The molecule has 0 unspecified atom stereocenters. The van der Waals surface area contributed by atoms with E-state index < -0.39 is 0 Å².